The number of nitrogens with one attached hydrogen (secondary N) is 2. The van der Waals surface area contributed by atoms with E-state index in [0.717, 1.165) is 11.3 Å². The molecule has 0 radical (unpaired) electrons. The second kappa shape index (κ2) is 8.78. The molecule has 0 aliphatic heterocycles. The van der Waals surface area contributed by atoms with Crippen LogP contribution in [0.4, 0.5) is 5.69 Å². The second-order valence-electron chi connectivity index (χ2n) is 5.11. The first-order valence-corrected chi connectivity index (χ1v) is 7.39. The fourth-order valence-corrected chi connectivity index (χ4v) is 2.11. The Labute approximate surface area is 144 Å². The first-order chi connectivity index (χ1) is 12.1. The number of hydrogen-bond acceptors (Lipinski definition) is 7. The number of benzene rings is 2. The van der Waals surface area contributed by atoms with Crippen molar-refractivity contribution >= 4 is 17.4 Å². The summed E-state index contributed by atoms with van der Waals surface area (Å²) in [6.45, 7) is 0.240. The summed E-state index contributed by atoms with van der Waals surface area (Å²) in [5.41, 5.74) is 10.8. The molecule has 0 fully saturated rings. The van der Waals surface area contributed by atoms with Gasteiger partial charge in [0.25, 0.3) is 0 Å². The fourth-order valence-electron chi connectivity index (χ4n) is 2.11. The molecule has 0 spiro atoms. The average Bonchev–Trinajstić information content (AvgIpc) is 2.63. The number of anilines is 1. The van der Waals surface area contributed by atoms with E-state index < -0.39 is 17.7 Å². The number of nitrogens with two attached hydrogens (primary N) is 1. The Morgan fingerprint density at radius 2 is 1.84 bits per heavy atom. The van der Waals surface area contributed by atoms with Crippen LogP contribution in [0.15, 0.2) is 48.5 Å². The molecule has 1 amide bonds. The van der Waals surface area contributed by atoms with Crippen molar-refractivity contribution in [2.24, 2.45) is 5.73 Å². The molecule has 1 atom stereocenters. The molecule has 25 heavy (non-hydrogen) atoms. The molecule has 2 rings (SSSR count). The van der Waals surface area contributed by atoms with Crippen LogP contribution < -0.4 is 21.4 Å². The zero-order valence-electron chi connectivity index (χ0n) is 13.6. The molecule has 8 nitrogen and oxygen atoms in total. The van der Waals surface area contributed by atoms with Crippen LogP contribution in [0.2, 0.25) is 0 Å². The minimum Gasteiger partial charge on any atom is -0.497 e. The minimum atomic E-state index is -1.54. The van der Waals surface area contributed by atoms with Gasteiger partial charge in [0.1, 0.15) is 5.75 Å². The van der Waals surface area contributed by atoms with Crippen molar-refractivity contribution in [3.63, 3.8) is 0 Å². The van der Waals surface area contributed by atoms with E-state index in [9.17, 15) is 9.59 Å². The molecular formula is C17H19N3O5. The van der Waals surface area contributed by atoms with Crippen molar-refractivity contribution in [3.05, 3.63) is 59.7 Å². The third kappa shape index (κ3) is 4.77. The number of carbonyl (C=O) groups excluding carboxylic acids is 2. The van der Waals surface area contributed by atoms with E-state index in [2.05, 4.69) is 5.48 Å². The van der Waals surface area contributed by atoms with E-state index in [4.69, 9.17) is 20.5 Å². The predicted octanol–water partition coefficient (Wildman–Crippen LogP) is 1.25. The molecule has 2 aromatic carbocycles. The maximum absolute atomic E-state index is 12.3. The van der Waals surface area contributed by atoms with Crippen molar-refractivity contribution in [1.82, 2.24) is 5.48 Å². The number of primary amides is 1. The van der Waals surface area contributed by atoms with Crippen molar-refractivity contribution in [1.29, 1.82) is 0 Å². The maximum Gasteiger partial charge on any atom is 0.244 e. The lowest BCUT2D eigenvalue weighted by atomic mass is 10.0. The lowest BCUT2D eigenvalue weighted by Gasteiger charge is -2.14. The number of hydroxylamine groups is 1. The molecule has 1 unspecified atom stereocenters. The zero-order chi connectivity index (χ0) is 18.2. The third-order valence-corrected chi connectivity index (χ3v) is 3.45. The van der Waals surface area contributed by atoms with Crippen molar-refractivity contribution in [2.45, 2.75) is 12.6 Å². The molecule has 132 valence electrons. The van der Waals surface area contributed by atoms with Crippen LogP contribution in [-0.2, 0) is 16.2 Å². The number of ketones is 1. The van der Waals surface area contributed by atoms with E-state index in [1.165, 1.54) is 6.07 Å². The quantitative estimate of drug-likeness (QED) is 0.306. The lowest BCUT2D eigenvalue weighted by molar-refractivity contribution is -0.120. The van der Waals surface area contributed by atoms with Gasteiger partial charge < -0.3 is 15.7 Å². The predicted molar refractivity (Wildman–Crippen MR) is 90.1 cm³/mol. The Hall–Kier alpha value is -2.94. The Bertz CT molecular complexity index is 733. The van der Waals surface area contributed by atoms with Gasteiger partial charge in [-0.3, -0.25) is 19.9 Å². The number of carbonyl (C=O) groups is 2. The second-order valence-corrected chi connectivity index (χ2v) is 5.11. The summed E-state index contributed by atoms with van der Waals surface area (Å²) in [6.07, 6.45) is 0. The monoisotopic (exact) mass is 345 g/mol. The number of amides is 1. The SMILES string of the molecule is COc1ccc(CONc2ccccc2C(=O)C(NO)C(N)=O)cc1. The van der Waals surface area contributed by atoms with Crippen LogP contribution >= 0.6 is 0 Å². The van der Waals surface area contributed by atoms with Gasteiger partial charge in [-0.1, -0.05) is 24.3 Å². The van der Waals surface area contributed by atoms with Crippen LogP contribution in [0.1, 0.15) is 15.9 Å². The molecule has 8 heteroatoms. The van der Waals surface area contributed by atoms with Crippen LogP contribution in [0.5, 0.6) is 5.75 Å². The normalized spacial score (nSPS) is 11.6. The summed E-state index contributed by atoms with van der Waals surface area (Å²) in [4.78, 5) is 28.9. The van der Waals surface area contributed by atoms with Crippen LogP contribution in [0.3, 0.4) is 0 Å². The molecular weight excluding hydrogens is 326 g/mol. The van der Waals surface area contributed by atoms with Crippen LogP contribution in [0, 0.1) is 0 Å². The van der Waals surface area contributed by atoms with Crippen molar-refractivity contribution < 1.29 is 24.4 Å². The van der Waals surface area contributed by atoms with Gasteiger partial charge in [-0.2, -0.15) is 5.48 Å². The minimum absolute atomic E-state index is 0.155. The number of Topliss-reactive ketones (excluding diaryl/α,β-unsaturated/α-hetero) is 1. The van der Waals surface area contributed by atoms with Gasteiger partial charge in [0, 0.05) is 5.56 Å². The molecule has 0 bridgehead atoms. The summed E-state index contributed by atoms with van der Waals surface area (Å²) in [5.74, 6) is -0.922. The number of ether oxygens (including phenoxy) is 1. The summed E-state index contributed by atoms with van der Waals surface area (Å²) in [5, 5.41) is 8.95. The highest BCUT2D eigenvalue weighted by Crippen LogP contribution is 2.18. The molecule has 2 aromatic rings. The Morgan fingerprint density at radius 3 is 2.44 bits per heavy atom. The highest BCUT2D eigenvalue weighted by atomic mass is 16.6. The van der Waals surface area contributed by atoms with E-state index in [-0.39, 0.29) is 12.2 Å². The van der Waals surface area contributed by atoms with Gasteiger partial charge in [0.15, 0.2) is 11.8 Å². The first kappa shape index (κ1) is 18.4. The van der Waals surface area contributed by atoms with E-state index >= 15 is 0 Å². The lowest BCUT2D eigenvalue weighted by Crippen LogP contribution is -2.45. The smallest absolute Gasteiger partial charge is 0.244 e. The van der Waals surface area contributed by atoms with Crippen LogP contribution in [-0.4, -0.2) is 30.0 Å². The van der Waals surface area contributed by atoms with Crippen molar-refractivity contribution in [2.75, 3.05) is 12.6 Å². The number of hydrogen-bond donors (Lipinski definition) is 4. The Balaban J connectivity index is 2.04. The fraction of sp³-hybridized carbons (Fsp3) is 0.176. The number of rotatable bonds is 9. The summed E-state index contributed by atoms with van der Waals surface area (Å²) in [7, 11) is 1.58. The number of para-hydroxylation sites is 1. The van der Waals surface area contributed by atoms with Gasteiger partial charge >= 0.3 is 0 Å². The largest absolute Gasteiger partial charge is 0.497 e. The van der Waals surface area contributed by atoms with Crippen molar-refractivity contribution in [3.8, 4) is 5.75 Å². The Morgan fingerprint density at radius 1 is 1.16 bits per heavy atom. The topological polar surface area (TPSA) is 123 Å². The van der Waals surface area contributed by atoms with E-state index in [0.29, 0.717) is 5.69 Å². The summed E-state index contributed by atoms with van der Waals surface area (Å²) in [6, 6.07) is 12.2. The van der Waals surface area contributed by atoms with Gasteiger partial charge in [0.05, 0.1) is 19.4 Å². The Kier molecular flexibility index (Phi) is 6.47. The van der Waals surface area contributed by atoms with Crippen LogP contribution in [0.25, 0.3) is 0 Å². The zero-order valence-corrected chi connectivity index (χ0v) is 13.6. The van der Waals surface area contributed by atoms with Gasteiger partial charge in [0.2, 0.25) is 5.91 Å². The standard InChI is InChI=1S/C17H19N3O5/c1-24-12-8-6-11(7-9-12)10-25-20-14-5-3-2-4-13(14)16(21)15(19-23)17(18)22/h2-9,15,19-20,23H,10H2,1H3,(H2,18,22). The molecule has 0 saturated carbocycles. The van der Waals surface area contributed by atoms with E-state index in [1.54, 1.807) is 42.9 Å². The molecule has 5 N–H and O–H groups in total. The first-order valence-electron chi connectivity index (χ1n) is 7.39. The molecule has 0 saturated heterocycles. The number of methoxy groups -OCH3 is 1. The highest BCUT2D eigenvalue weighted by Gasteiger charge is 2.26. The summed E-state index contributed by atoms with van der Waals surface area (Å²) < 4.78 is 5.08. The molecule has 0 heterocycles. The average molecular weight is 345 g/mol. The molecule has 0 aliphatic carbocycles. The highest BCUT2D eigenvalue weighted by molar-refractivity contribution is 6.15. The molecule has 0 aromatic heterocycles. The van der Waals surface area contributed by atoms with Gasteiger partial charge in [-0.05, 0) is 29.8 Å². The van der Waals surface area contributed by atoms with E-state index in [1.807, 2.05) is 12.1 Å². The third-order valence-electron chi connectivity index (χ3n) is 3.45. The van der Waals surface area contributed by atoms with Gasteiger partial charge in [-0.15, -0.1) is 0 Å². The van der Waals surface area contributed by atoms with Gasteiger partial charge in [-0.25, -0.2) is 0 Å². The maximum atomic E-state index is 12.3. The molecule has 0 aliphatic rings. The summed E-state index contributed by atoms with van der Waals surface area (Å²) >= 11 is 0.